The van der Waals surface area contributed by atoms with E-state index in [0.29, 0.717) is 11.4 Å². The Morgan fingerprint density at radius 1 is 0.939 bits per heavy atom. The highest BCUT2D eigenvalue weighted by Crippen LogP contribution is 2.29. The molecule has 0 unspecified atom stereocenters. The van der Waals surface area contributed by atoms with Crippen LogP contribution in [0.1, 0.15) is 0 Å². The predicted octanol–water partition coefficient (Wildman–Crippen LogP) is 4.21. The van der Waals surface area contributed by atoms with Gasteiger partial charge in [-0.2, -0.15) is 5.10 Å². The van der Waals surface area contributed by atoms with E-state index >= 15 is 0 Å². The number of aryl methyl sites for hydroxylation is 1. The molecule has 0 atom stereocenters. The van der Waals surface area contributed by atoms with Crippen LogP contribution in [0.3, 0.4) is 0 Å². The topological polar surface area (TPSA) is 90.5 Å². The zero-order valence-electron chi connectivity index (χ0n) is 18.0. The van der Waals surface area contributed by atoms with E-state index in [-0.39, 0.29) is 4.90 Å². The molecule has 33 heavy (non-hydrogen) atoms. The van der Waals surface area contributed by atoms with Crippen molar-refractivity contribution in [3.63, 3.8) is 0 Å². The number of hydrogen-bond acceptors (Lipinski definition) is 5. The largest absolute Gasteiger partial charge is 0.497 e. The Hall–Kier alpha value is -4.11. The van der Waals surface area contributed by atoms with Crippen molar-refractivity contribution in [2.45, 2.75) is 4.90 Å². The van der Waals surface area contributed by atoms with Crippen LogP contribution in [-0.4, -0.2) is 34.7 Å². The lowest BCUT2D eigenvalue weighted by Crippen LogP contribution is -2.12. The van der Waals surface area contributed by atoms with E-state index in [1.165, 1.54) is 19.2 Å². The van der Waals surface area contributed by atoms with E-state index in [1.807, 2.05) is 48.4 Å². The molecule has 166 valence electrons. The van der Waals surface area contributed by atoms with E-state index in [0.717, 1.165) is 27.9 Å². The molecule has 0 saturated carbocycles. The van der Waals surface area contributed by atoms with Crippen LogP contribution >= 0.6 is 0 Å². The maximum absolute atomic E-state index is 12.7. The highest BCUT2D eigenvalue weighted by molar-refractivity contribution is 7.92. The summed E-state index contributed by atoms with van der Waals surface area (Å²) in [4.78, 5) is 4.73. The first-order valence-electron chi connectivity index (χ1n) is 10.2. The van der Waals surface area contributed by atoms with Crippen molar-refractivity contribution in [3.8, 4) is 28.1 Å². The Labute approximate surface area is 191 Å². The number of ether oxygens (including phenoxy) is 1. The van der Waals surface area contributed by atoms with E-state index in [1.54, 1.807) is 35.1 Å². The fraction of sp³-hybridized carbons (Fsp3) is 0.0833. The average molecular weight is 460 g/mol. The second-order valence-corrected chi connectivity index (χ2v) is 9.24. The van der Waals surface area contributed by atoms with Gasteiger partial charge in [-0.25, -0.2) is 8.42 Å². The standard InChI is InChI=1S/C24H21N5O3S/c1-28-15-19(14-26-28)18-13-23-24(25-11-12-29(23)16-18)17-3-5-20(6-4-17)27-33(30,31)22-9-7-21(32-2)8-10-22/h3-16,27H,1-2H3. The number of hydrogen-bond donors (Lipinski definition) is 1. The molecule has 3 aromatic heterocycles. The molecule has 8 nitrogen and oxygen atoms in total. The van der Waals surface area contributed by atoms with Gasteiger partial charge >= 0.3 is 0 Å². The second kappa shape index (κ2) is 8.10. The summed E-state index contributed by atoms with van der Waals surface area (Å²) < 4.78 is 36.9. The summed E-state index contributed by atoms with van der Waals surface area (Å²) >= 11 is 0. The predicted molar refractivity (Wildman–Crippen MR) is 127 cm³/mol. The van der Waals surface area contributed by atoms with Crippen molar-refractivity contribution in [1.82, 2.24) is 19.2 Å². The van der Waals surface area contributed by atoms with Gasteiger partial charge in [0, 0.05) is 54.2 Å². The molecule has 5 rings (SSSR count). The minimum absolute atomic E-state index is 0.162. The van der Waals surface area contributed by atoms with E-state index in [2.05, 4.69) is 20.9 Å². The monoisotopic (exact) mass is 459 g/mol. The van der Waals surface area contributed by atoms with E-state index < -0.39 is 10.0 Å². The fourth-order valence-electron chi connectivity index (χ4n) is 3.65. The van der Waals surface area contributed by atoms with Crippen molar-refractivity contribution >= 4 is 21.2 Å². The van der Waals surface area contributed by atoms with Crippen LogP contribution < -0.4 is 9.46 Å². The number of methoxy groups -OCH3 is 1. The smallest absolute Gasteiger partial charge is 0.261 e. The third kappa shape index (κ3) is 4.06. The normalized spacial score (nSPS) is 11.6. The number of rotatable bonds is 6. The first-order chi connectivity index (χ1) is 15.9. The fourth-order valence-corrected chi connectivity index (χ4v) is 4.71. The number of fused-ring (bicyclic) bond motifs is 1. The van der Waals surface area contributed by atoms with Crippen LogP contribution in [0.2, 0.25) is 0 Å². The molecule has 0 spiro atoms. The van der Waals surface area contributed by atoms with Gasteiger partial charge in [0.1, 0.15) is 5.75 Å². The molecule has 1 N–H and O–H groups in total. The van der Waals surface area contributed by atoms with E-state index in [4.69, 9.17) is 4.74 Å². The number of benzene rings is 2. The summed E-state index contributed by atoms with van der Waals surface area (Å²) in [6.45, 7) is 0. The van der Waals surface area contributed by atoms with Crippen molar-refractivity contribution in [3.05, 3.63) is 85.6 Å². The average Bonchev–Trinajstić information content (AvgIpc) is 3.45. The van der Waals surface area contributed by atoms with E-state index in [9.17, 15) is 8.42 Å². The summed E-state index contributed by atoms with van der Waals surface area (Å²) in [5.74, 6) is 0.594. The van der Waals surface area contributed by atoms with Crippen molar-refractivity contribution in [2.24, 2.45) is 7.05 Å². The molecule has 0 aliphatic rings. The molecular formula is C24H21N5O3S. The summed E-state index contributed by atoms with van der Waals surface area (Å²) in [7, 11) is -0.289. The lowest BCUT2D eigenvalue weighted by molar-refractivity contribution is 0.414. The number of sulfonamides is 1. The third-order valence-electron chi connectivity index (χ3n) is 5.34. The zero-order chi connectivity index (χ0) is 23.0. The SMILES string of the molecule is COc1ccc(S(=O)(=O)Nc2ccc(-c3nccn4cc(-c5cnn(C)c5)cc34)cc2)cc1. The molecule has 2 aromatic carbocycles. The molecule has 0 radical (unpaired) electrons. The van der Waals surface area contributed by atoms with Crippen LogP contribution in [0.25, 0.3) is 27.9 Å². The molecule has 0 aliphatic carbocycles. The van der Waals surface area contributed by atoms with Gasteiger partial charge in [-0.15, -0.1) is 0 Å². The molecule has 0 saturated heterocycles. The Balaban J connectivity index is 1.43. The van der Waals surface area contributed by atoms with Gasteiger partial charge in [-0.3, -0.25) is 14.4 Å². The van der Waals surface area contributed by atoms with Crippen molar-refractivity contribution < 1.29 is 13.2 Å². The Morgan fingerprint density at radius 2 is 1.70 bits per heavy atom. The number of anilines is 1. The maximum Gasteiger partial charge on any atom is 0.261 e. The maximum atomic E-state index is 12.7. The first kappa shape index (κ1) is 20.8. The summed E-state index contributed by atoms with van der Waals surface area (Å²) in [6, 6.07) is 15.5. The molecule has 9 heteroatoms. The number of nitrogens with one attached hydrogen (secondary N) is 1. The van der Waals surface area contributed by atoms with Gasteiger partial charge in [-0.1, -0.05) is 12.1 Å². The first-order valence-corrected chi connectivity index (χ1v) is 11.6. The van der Waals surface area contributed by atoms with Crippen molar-refractivity contribution in [2.75, 3.05) is 11.8 Å². The molecule has 0 aliphatic heterocycles. The quantitative estimate of drug-likeness (QED) is 0.411. The Morgan fingerprint density at radius 3 is 2.36 bits per heavy atom. The minimum Gasteiger partial charge on any atom is -0.497 e. The highest BCUT2D eigenvalue weighted by Gasteiger charge is 2.15. The van der Waals surface area contributed by atoms with Crippen LogP contribution in [0.15, 0.2) is 90.5 Å². The summed E-state index contributed by atoms with van der Waals surface area (Å²) in [5.41, 5.74) is 5.16. The molecule has 0 bridgehead atoms. The van der Waals surface area contributed by atoms with Gasteiger partial charge < -0.3 is 9.14 Å². The minimum atomic E-state index is -3.71. The van der Waals surface area contributed by atoms with Gasteiger partial charge in [0.05, 0.1) is 29.4 Å². The Bertz CT molecular complexity index is 1540. The Kier molecular flexibility index (Phi) is 5.10. The van der Waals surface area contributed by atoms with Crippen LogP contribution in [0.5, 0.6) is 5.75 Å². The van der Waals surface area contributed by atoms with Crippen LogP contribution in [0, 0.1) is 0 Å². The third-order valence-corrected chi connectivity index (χ3v) is 6.74. The number of nitrogens with zero attached hydrogens (tertiary/aromatic N) is 4. The van der Waals surface area contributed by atoms with Gasteiger partial charge in [0.25, 0.3) is 10.0 Å². The van der Waals surface area contributed by atoms with Crippen LogP contribution in [-0.2, 0) is 17.1 Å². The van der Waals surface area contributed by atoms with Gasteiger partial charge in [0.2, 0.25) is 0 Å². The van der Waals surface area contributed by atoms with Crippen LogP contribution in [0.4, 0.5) is 5.69 Å². The molecule has 0 fully saturated rings. The summed E-state index contributed by atoms with van der Waals surface area (Å²) in [5, 5.41) is 4.24. The van der Waals surface area contributed by atoms with Gasteiger partial charge in [0.15, 0.2) is 0 Å². The molecule has 0 amide bonds. The zero-order valence-corrected chi connectivity index (χ0v) is 18.8. The van der Waals surface area contributed by atoms with Crippen molar-refractivity contribution in [1.29, 1.82) is 0 Å². The lowest BCUT2D eigenvalue weighted by Gasteiger charge is -2.10. The molecule has 3 heterocycles. The second-order valence-electron chi connectivity index (χ2n) is 7.56. The lowest BCUT2D eigenvalue weighted by atomic mass is 10.1. The number of aromatic nitrogens is 4. The highest BCUT2D eigenvalue weighted by atomic mass is 32.2. The molecular weight excluding hydrogens is 438 g/mol. The molecule has 5 aromatic rings. The summed E-state index contributed by atoms with van der Waals surface area (Å²) in [6.07, 6.45) is 9.47. The van der Waals surface area contributed by atoms with Gasteiger partial charge in [-0.05, 0) is 42.5 Å².